The zero-order chi connectivity index (χ0) is 13.9. The highest BCUT2D eigenvalue weighted by Crippen LogP contribution is 2.31. The van der Waals surface area contributed by atoms with E-state index >= 15 is 0 Å². The first-order valence-corrected chi connectivity index (χ1v) is 7.30. The molecule has 1 aliphatic carbocycles. The zero-order valence-electron chi connectivity index (χ0n) is 11.2. The van der Waals surface area contributed by atoms with Crippen LogP contribution in [0.4, 0.5) is 0 Å². The van der Waals surface area contributed by atoms with Crippen LogP contribution in [-0.4, -0.2) is 20.7 Å². The minimum absolute atomic E-state index is 0.179. The van der Waals surface area contributed by atoms with Crippen molar-refractivity contribution < 1.29 is 5.11 Å². The summed E-state index contributed by atoms with van der Waals surface area (Å²) in [5, 5.41) is 13.9. The number of phenols is 1. The van der Waals surface area contributed by atoms with Gasteiger partial charge < -0.3 is 15.0 Å². The summed E-state index contributed by atoms with van der Waals surface area (Å²) < 4.78 is 2.17. The molecule has 5 heteroatoms. The van der Waals surface area contributed by atoms with E-state index in [4.69, 9.17) is 11.6 Å². The van der Waals surface area contributed by atoms with Gasteiger partial charge in [-0.2, -0.15) is 0 Å². The predicted octanol–water partition coefficient (Wildman–Crippen LogP) is 3.13. The number of aromatic nitrogens is 2. The summed E-state index contributed by atoms with van der Waals surface area (Å²) in [7, 11) is 0. The second-order valence-electron chi connectivity index (χ2n) is 5.24. The van der Waals surface area contributed by atoms with Gasteiger partial charge >= 0.3 is 0 Å². The minimum atomic E-state index is 0.179. The number of hydrogen-bond acceptors (Lipinski definition) is 3. The van der Waals surface area contributed by atoms with Crippen molar-refractivity contribution in [3.8, 4) is 5.75 Å². The first-order valence-electron chi connectivity index (χ1n) is 6.93. The summed E-state index contributed by atoms with van der Waals surface area (Å²) >= 11 is 5.93. The smallest absolute Gasteiger partial charge is 0.138 e. The van der Waals surface area contributed by atoms with Crippen molar-refractivity contribution in [1.29, 1.82) is 0 Å². The standard InChI is InChI=1S/C15H18ClN3O/c16-12-4-1-3-11(15(12)20)9-18-13-5-2-6-14(13)19-8-7-17-10-19/h1,3-4,7-8,10,13-14,18,20H,2,5-6,9H2. The first kappa shape index (κ1) is 13.5. The highest BCUT2D eigenvalue weighted by Gasteiger charge is 2.28. The van der Waals surface area contributed by atoms with Crippen LogP contribution in [0.1, 0.15) is 30.9 Å². The van der Waals surface area contributed by atoms with Gasteiger partial charge in [-0.15, -0.1) is 0 Å². The van der Waals surface area contributed by atoms with E-state index in [0.717, 1.165) is 18.4 Å². The Morgan fingerprint density at radius 3 is 3.10 bits per heavy atom. The molecule has 1 aromatic heterocycles. The van der Waals surface area contributed by atoms with Gasteiger partial charge in [0.25, 0.3) is 0 Å². The van der Waals surface area contributed by atoms with E-state index in [0.29, 0.717) is 23.7 Å². The van der Waals surface area contributed by atoms with E-state index in [1.807, 2.05) is 30.9 Å². The fourth-order valence-electron chi connectivity index (χ4n) is 2.94. The maximum absolute atomic E-state index is 9.93. The maximum Gasteiger partial charge on any atom is 0.138 e. The summed E-state index contributed by atoms with van der Waals surface area (Å²) in [6, 6.07) is 6.31. The fraction of sp³-hybridized carbons (Fsp3) is 0.400. The van der Waals surface area contributed by atoms with Crippen LogP contribution in [0, 0.1) is 0 Å². The summed E-state index contributed by atoms with van der Waals surface area (Å²) in [5.41, 5.74) is 0.841. The number of rotatable bonds is 4. The second kappa shape index (κ2) is 5.85. The number of phenolic OH excluding ortho intramolecular Hbond substituents is 1. The van der Waals surface area contributed by atoms with E-state index in [1.54, 1.807) is 6.07 Å². The number of benzene rings is 1. The van der Waals surface area contributed by atoms with Crippen molar-refractivity contribution in [2.75, 3.05) is 0 Å². The quantitative estimate of drug-likeness (QED) is 0.910. The number of aromatic hydroxyl groups is 1. The Morgan fingerprint density at radius 2 is 2.30 bits per heavy atom. The normalized spacial score (nSPS) is 22.2. The van der Waals surface area contributed by atoms with Crippen molar-refractivity contribution in [2.45, 2.75) is 37.9 Å². The van der Waals surface area contributed by atoms with Crippen LogP contribution in [0.2, 0.25) is 5.02 Å². The number of hydrogen-bond donors (Lipinski definition) is 2. The molecule has 20 heavy (non-hydrogen) atoms. The van der Waals surface area contributed by atoms with Crippen molar-refractivity contribution in [1.82, 2.24) is 14.9 Å². The van der Waals surface area contributed by atoms with Gasteiger partial charge in [-0.1, -0.05) is 23.7 Å². The molecule has 0 radical (unpaired) electrons. The number of halogens is 1. The molecule has 2 atom stereocenters. The third-order valence-electron chi connectivity index (χ3n) is 4.01. The lowest BCUT2D eigenvalue weighted by molar-refractivity contribution is 0.386. The average molecular weight is 292 g/mol. The van der Waals surface area contributed by atoms with Gasteiger partial charge in [0.05, 0.1) is 11.3 Å². The van der Waals surface area contributed by atoms with Crippen LogP contribution < -0.4 is 5.32 Å². The fourth-order valence-corrected chi connectivity index (χ4v) is 3.14. The topological polar surface area (TPSA) is 50.1 Å². The van der Waals surface area contributed by atoms with Crippen molar-refractivity contribution in [2.24, 2.45) is 0 Å². The predicted molar refractivity (Wildman–Crippen MR) is 78.9 cm³/mol. The van der Waals surface area contributed by atoms with Gasteiger partial charge in [-0.05, 0) is 25.3 Å². The van der Waals surface area contributed by atoms with Crippen LogP contribution in [0.15, 0.2) is 36.9 Å². The Bertz CT molecular complexity index is 571. The molecule has 0 bridgehead atoms. The first-order chi connectivity index (χ1) is 9.75. The molecule has 1 aromatic carbocycles. The lowest BCUT2D eigenvalue weighted by Gasteiger charge is -2.22. The highest BCUT2D eigenvalue weighted by molar-refractivity contribution is 6.32. The molecule has 4 nitrogen and oxygen atoms in total. The molecule has 1 heterocycles. The zero-order valence-corrected chi connectivity index (χ0v) is 11.9. The SMILES string of the molecule is Oc1c(Cl)cccc1CNC1CCCC1n1ccnc1. The largest absolute Gasteiger partial charge is 0.506 e. The van der Waals surface area contributed by atoms with E-state index in [1.165, 1.54) is 6.42 Å². The summed E-state index contributed by atoms with van der Waals surface area (Å²) in [5.74, 6) is 0.179. The summed E-state index contributed by atoms with van der Waals surface area (Å²) in [6.07, 6.45) is 9.23. The van der Waals surface area contributed by atoms with Crippen LogP contribution in [-0.2, 0) is 6.54 Å². The van der Waals surface area contributed by atoms with E-state index in [2.05, 4.69) is 14.9 Å². The maximum atomic E-state index is 9.93. The molecule has 1 fully saturated rings. The Hall–Kier alpha value is -1.52. The highest BCUT2D eigenvalue weighted by atomic mass is 35.5. The van der Waals surface area contributed by atoms with Gasteiger partial charge in [0.15, 0.2) is 0 Å². The molecule has 0 saturated heterocycles. The molecule has 0 amide bonds. The molecular formula is C15H18ClN3O. The lowest BCUT2D eigenvalue weighted by atomic mass is 10.1. The van der Waals surface area contributed by atoms with Crippen molar-refractivity contribution in [3.05, 3.63) is 47.5 Å². The number of imidazole rings is 1. The third-order valence-corrected chi connectivity index (χ3v) is 4.32. The Morgan fingerprint density at radius 1 is 1.40 bits per heavy atom. The van der Waals surface area contributed by atoms with E-state index in [9.17, 15) is 5.11 Å². The second-order valence-corrected chi connectivity index (χ2v) is 5.65. The van der Waals surface area contributed by atoms with Crippen molar-refractivity contribution >= 4 is 11.6 Å². The van der Waals surface area contributed by atoms with Gasteiger partial charge in [-0.3, -0.25) is 0 Å². The Kier molecular flexibility index (Phi) is 3.94. The van der Waals surface area contributed by atoms with Gasteiger partial charge in [-0.25, -0.2) is 4.98 Å². The Labute approximate surface area is 123 Å². The van der Waals surface area contributed by atoms with E-state index < -0.39 is 0 Å². The Balaban J connectivity index is 1.67. The number of para-hydroxylation sites is 1. The van der Waals surface area contributed by atoms with Gasteiger partial charge in [0.2, 0.25) is 0 Å². The van der Waals surface area contributed by atoms with E-state index in [-0.39, 0.29) is 5.75 Å². The number of nitrogens with one attached hydrogen (secondary N) is 1. The molecule has 0 spiro atoms. The monoisotopic (exact) mass is 291 g/mol. The van der Waals surface area contributed by atoms with Crippen LogP contribution in [0.5, 0.6) is 5.75 Å². The molecule has 0 aliphatic heterocycles. The molecular weight excluding hydrogens is 274 g/mol. The molecule has 2 aromatic rings. The minimum Gasteiger partial charge on any atom is -0.506 e. The molecule has 2 N–H and O–H groups in total. The molecule has 1 saturated carbocycles. The van der Waals surface area contributed by atoms with Gasteiger partial charge in [0, 0.05) is 36.6 Å². The summed E-state index contributed by atoms with van der Waals surface area (Å²) in [4.78, 5) is 4.12. The summed E-state index contributed by atoms with van der Waals surface area (Å²) in [6.45, 7) is 0.627. The van der Waals surface area contributed by atoms with Crippen LogP contribution >= 0.6 is 11.6 Å². The van der Waals surface area contributed by atoms with Crippen LogP contribution in [0.3, 0.4) is 0 Å². The average Bonchev–Trinajstić information content (AvgIpc) is 3.10. The molecule has 3 rings (SSSR count). The molecule has 106 valence electrons. The lowest BCUT2D eigenvalue weighted by Crippen LogP contribution is -2.33. The van der Waals surface area contributed by atoms with Crippen molar-refractivity contribution in [3.63, 3.8) is 0 Å². The third kappa shape index (κ3) is 2.67. The van der Waals surface area contributed by atoms with Gasteiger partial charge in [0.1, 0.15) is 5.75 Å². The van der Waals surface area contributed by atoms with Crippen LogP contribution in [0.25, 0.3) is 0 Å². The molecule has 2 unspecified atom stereocenters. The number of nitrogens with zero attached hydrogens (tertiary/aromatic N) is 2. The molecule has 1 aliphatic rings.